The van der Waals surface area contributed by atoms with Gasteiger partial charge in [-0.25, -0.2) is 0 Å². The molecule has 0 radical (unpaired) electrons. The lowest BCUT2D eigenvalue weighted by atomic mass is 9.97. The van der Waals surface area contributed by atoms with Gasteiger partial charge < -0.3 is 19.7 Å². The standard InChI is InChI=1S/C18H16N2O4/c1-9-5-12(14(22)7-13(9)21)18-17(10(2)19-20-18)11-3-4-15-16(6-11)24-8-23-15/h3-7,21-22H,8H2,1-2H3,(H,19,20). The highest BCUT2D eigenvalue weighted by Crippen LogP contribution is 2.42. The van der Waals surface area contributed by atoms with Gasteiger partial charge in [-0.3, -0.25) is 5.10 Å². The normalized spacial score (nSPS) is 12.6. The summed E-state index contributed by atoms with van der Waals surface area (Å²) in [5, 5.41) is 27.3. The SMILES string of the molecule is Cc1cc(-c2n[nH]c(C)c2-c2ccc3c(c2)OCO3)c(O)cc1O. The zero-order valence-electron chi connectivity index (χ0n) is 13.3. The number of phenolic OH excluding ortho intramolecular Hbond substituents is 2. The molecule has 1 aliphatic heterocycles. The van der Waals surface area contributed by atoms with Crippen molar-refractivity contribution in [2.45, 2.75) is 13.8 Å². The second-order valence-corrected chi connectivity index (χ2v) is 5.80. The van der Waals surface area contributed by atoms with Crippen LogP contribution >= 0.6 is 0 Å². The van der Waals surface area contributed by atoms with Crippen LogP contribution in [0.15, 0.2) is 30.3 Å². The molecule has 24 heavy (non-hydrogen) atoms. The minimum atomic E-state index is -0.0217. The van der Waals surface area contributed by atoms with Crippen molar-refractivity contribution in [1.82, 2.24) is 10.2 Å². The third-order valence-electron chi connectivity index (χ3n) is 4.18. The molecule has 0 spiro atoms. The van der Waals surface area contributed by atoms with Crippen LogP contribution in [0.5, 0.6) is 23.0 Å². The van der Waals surface area contributed by atoms with Crippen molar-refractivity contribution in [3.8, 4) is 45.4 Å². The van der Waals surface area contributed by atoms with E-state index in [0.717, 1.165) is 16.8 Å². The van der Waals surface area contributed by atoms with Gasteiger partial charge in [-0.2, -0.15) is 5.10 Å². The number of aromatic nitrogens is 2. The number of hydrogen-bond donors (Lipinski definition) is 3. The molecule has 1 aliphatic rings. The summed E-state index contributed by atoms with van der Waals surface area (Å²) >= 11 is 0. The minimum Gasteiger partial charge on any atom is -0.508 e. The summed E-state index contributed by atoms with van der Waals surface area (Å²) in [6, 6.07) is 8.73. The summed E-state index contributed by atoms with van der Waals surface area (Å²) in [6.07, 6.45) is 0. The minimum absolute atomic E-state index is 0.0217. The zero-order chi connectivity index (χ0) is 16.8. The van der Waals surface area contributed by atoms with Gasteiger partial charge in [0.1, 0.15) is 17.2 Å². The Morgan fingerprint density at radius 3 is 2.62 bits per heavy atom. The van der Waals surface area contributed by atoms with Crippen LogP contribution in [-0.2, 0) is 0 Å². The van der Waals surface area contributed by atoms with Gasteiger partial charge in [-0.05, 0) is 43.2 Å². The Bertz CT molecular complexity index is 946. The Hall–Kier alpha value is -3.15. The predicted octanol–water partition coefficient (Wildman–Crippen LogP) is 3.50. The van der Waals surface area contributed by atoms with E-state index < -0.39 is 0 Å². The largest absolute Gasteiger partial charge is 0.508 e. The second kappa shape index (κ2) is 5.19. The number of ether oxygens (including phenoxy) is 2. The molecule has 0 saturated carbocycles. The highest BCUT2D eigenvalue weighted by Gasteiger charge is 2.21. The average molecular weight is 324 g/mol. The number of benzene rings is 2. The number of nitrogens with one attached hydrogen (secondary N) is 1. The van der Waals surface area contributed by atoms with Gasteiger partial charge in [0.05, 0.1) is 0 Å². The first-order valence-corrected chi connectivity index (χ1v) is 7.52. The number of fused-ring (bicyclic) bond motifs is 1. The van der Waals surface area contributed by atoms with E-state index in [0.29, 0.717) is 28.3 Å². The maximum absolute atomic E-state index is 10.2. The Kier molecular flexibility index (Phi) is 3.13. The molecule has 6 nitrogen and oxygen atoms in total. The molecule has 0 fully saturated rings. The lowest BCUT2D eigenvalue weighted by molar-refractivity contribution is 0.174. The molecule has 0 amide bonds. The summed E-state index contributed by atoms with van der Waals surface area (Å²) in [5.74, 6) is 1.43. The van der Waals surface area contributed by atoms with Crippen LogP contribution in [0.1, 0.15) is 11.3 Å². The molecule has 1 aromatic heterocycles. The first-order chi connectivity index (χ1) is 11.5. The summed E-state index contributed by atoms with van der Waals surface area (Å²) < 4.78 is 10.8. The lowest BCUT2D eigenvalue weighted by Gasteiger charge is -2.09. The van der Waals surface area contributed by atoms with Crippen LogP contribution in [0, 0.1) is 13.8 Å². The first-order valence-electron chi connectivity index (χ1n) is 7.52. The smallest absolute Gasteiger partial charge is 0.231 e. The van der Waals surface area contributed by atoms with Crippen LogP contribution in [0.25, 0.3) is 22.4 Å². The molecule has 122 valence electrons. The molecule has 4 rings (SSSR count). The van der Waals surface area contributed by atoms with Gasteiger partial charge in [0.15, 0.2) is 11.5 Å². The van der Waals surface area contributed by atoms with E-state index in [9.17, 15) is 10.2 Å². The molecule has 2 aromatic carbocycles. The number of phenols is 2. The summed E-state index contributed by atoms with van der Waals surface area (Å²) in [7, 11) is 0. The van der Waals surface area contributed by atoms with Crippen LogP contribution in [0.3, 0.4) is 0 Å². The third-order valence-corrected chi connectivity index (χ3v) is 4.18. The van der Waals surface area contributed by atoms with Crippen molar-refractivity contribution in [2.24, 2.45) is 0 Å². The van der Waals surface area contributed by atoms with E-state index >= 15 is 0 Å². The van der Waals surface area contributed by atoms with Crippen molar-refractivity contribution in [3.63, 3.8) is 0 Å². The van der Waals surface area contributed by atoms with Gasteiger partial charge >= 0.3 is 0 Å². The Morgan fingerprint density at radius 1 is 1.00 bits per heavy atom. The average Bonchev–Trinajstić information content (AvgIpc) is 3.16. The number of rotatable bonds is 2. The maximum atomic E-state index is 10.2. The number of H-pyrrole nitrogens is 1. The van der Waals surface area contributed by atoms with E-state index in [-0.39, 0.29) is 18.3 Å². The molecule has 3 N–H and O–H groups in total. The van der Waals surface area contributed by atoms with Gasteiger partial charge in [0.25, 0.3) is 0 Å². The van der Waals surface area contributed by atoms with Crippen molar-refractivity contribution < 1.29 is 19.7 Å². The van der Waals surface area contributed by atoms with Crippen LogP contribution in [0.2, 0.25) is 0 Å². The van der Waals surface area contributed by atoms with Crippen molar-refractivity contribution in [2.75, 3.05) is 6.79 Å². The molecule has 6 heteroatoms. The Balaban J connectivity index is 1.90. The number of aromatic amines is 1. The fraction of sp³-hybridized carbons (Fsp3) is 0.167. The molecule has 0 atom stereocenters. The quantitative estimate of drug-likeness (QED) is 0.671. The van der Waals surface area contributed by atoms with Gasteiger partial charge in [0.2, 0.25) is 6.79 Å². The molecular formula is C18H16N2O4. The number of aromatic hydroxyl groups is 2. The molecule has 0 aliphatic carbocycles. The Labute approximate surface area is 138 Å². The van der Waals surface area contributed by atoms with Crippen LogP contribution < -0.4 is 9.47 Å². The van der Waals surface area contributed by atoms with Gasteiger partial charge in [0, 0.05) is 22.9 Å². The molecule has 0 unspecified atom stereocenters. The summed E-state index contributed by atoms with van der Waals surface area (Å²) in [4.78, 5) is 0. The molecule has 2 heterocycles. The second-order valence-electron chi connectivity index (χ2n) is 5.80. The highest BCUT2D eigenvalue weighted by atomic mass is 16.7. The topological polar surface area (TPSA) is 87.6 Å². The molecular weight excluding hydrogens is 308 g/mol. The lowest BCUT2D eigenvalue weighted by Crippen LogP contribution is -1.92. The molecule has 0 bridgehead atoms. The van der Waals surface area contributed by atoms with Crippen LogP contribution in [0.4, 0.5) is 0 Å². The molecule has 0 saturated heterocycles. The fourth-order valence-electron chi connectivity index (χ4n) is 2.90. The predicted molar refractivity (Wildman–Crippen MR) is 88.4 cm³/mol. The number of hydrogen-bond acceptors (Lipinski definition) is 5. The summed E-state index contributed by atoms with van der Waals surface area (Å²) in [6.45, 7) is 3.91. The Morgan fingerprint density at radius 2 is 1.79 bits per heavy atom. The van der Waals surface area contributed by atoms with Crippen LogP contribution in [-0.4, -0.2) is 27.2 Å². The molecule has 3 aromatic rings. The third kappa shape index (κ3) is 2.15. The van der Waals surface area contributed by atoms with Crippen molar-refractivity contribution >= 4 is 0 Å². The number of aryl methyl sites for hydroxylation is 2. The van der Waals surface area contributed by atoms with E-state index in [2.05, 4.69) is 10.2 Å². The first kappa shape index (κ1) is 14.4. The van der Waals surface area contributed by atoms with Gasteiger partial charge in [-0.1, -0.05) is 6.07 Å². The maximum Gasteiger partial charge on any atom is 0.231 e. The summed E-state index contributed by atoms with van der Waals surface area (Å²) in [5.41, 5.74) is 4.49. The van der Waals surface area contributed by atoms with Crippen molar-refractivity contribution in [1.29, 1.82) is 0 Å². The number of nitrogens with zero attached hydrogens (tertiary/aromatic N) is 1. The monoisotopic (exact) mass is 324 g/mol. The van der Waals surface area contributed by atoms with E-state index in [1.54, 1.807) is 13.0 Å². The van der Waals surface area contributed by atoms with Crippen molar-refractivity contribution in [3.05, 3.63) is 41.6 Å². The zero-order valence-corrected chi connectivity index (χ0v) is 13.3. The van der Waals surface area contributed by atoms with E-state index in [1.807, 2.05) is 25.1 Å². The van der Waals surface area contributed by atoms with E-state index in [4.69, 9.17) is 9.47 Å². The van der Waals surface area contributed by atoms with E-state index in [1.165, 1.54) is 6.07 Å². The van der Waals surface area contributed by atoms with Gasteiger partial charge in [-0.15, -0.1) is 0 Å². The highest BCUT2D eigenvalue weighted by molar-refractivity contribution is 5.86. The fourth-order valence-corrected chi connectivity index (χ4v) is 2.90.